The number of aromatic amines is 1. The molecule has 0 saturated carbocycles. The molecule has 0 bridgehead atoms. The van der Waals surface area contributed by atoms with E-state index in [2.05, 4.69) is 34.2 Å². The number of hydrogen-bond donors (Lipinski definition) is 1. The first-order chi connectivity index (χ1) is 7.97. The summed E-state index contributed by atoms with van der Waals surface area (Å²) in [5.41, 5.74) is 1.15. The first kappa shape index (κ1) is 19.7. The van der Waals surface area contributed by atoms with Crippen LogP contribution >= 0.6 is 0 Å². The van der Waals surface area contributed by atoms with E-state index in [-0.39, 0.29) is 24.8 Å². The van der Waals surface area contributed by atoms with E-state index in [1.807, 2.05) is 36.4 Å². The number of allylic oxidation sites excluding steroid dienone is 4. The number of rotatable bonds is 0. The van der Waals surface area contributed by atoms with Crippen molar-refractivity contribution in [1.29, 1.82) is 0 Å². The number of hydrogen-bond acceptors (Lipinski definition) is 0. The van der Waals surface area contributed by atoms with Gasteiger partial charge >= 0.3 is 24.8 Å². The Bertz CT molecular complexity index is 437. The maximum atomic E-state index is 3.25. The topological polar surface area (TPSA) is 15.8 Å². The Morgan fingerprint density at radius 2 is 1.89 bits per heavy atom. The van der Waals surface area contributed by atoms with Crippen LogP contribution in [0.15, 0.2) is 48.6 Å². The molecule has 0 radical (unpaired) electrons. The van der Waals surface area contributed by atoms with Gasteiger partial charge in [-0.15, -0.1) is 30.3 Å². The van der Waals surface area contributed by atoms with Crippen molar-refractivity contribution in [3.8, 4) is 0 Å². The summed E-state index contributed by atoms with van der Waals surface area (Å²) in [5, 5.41) is 1.22. The standard InChI is InChI=1S/C8H6N.C5H5.CH2.2ClH.Ti/c1-2-4-8-7(3-1)5-6-9-8;1-2-4-5-3-1;;;;/h1-5,9H;1-3H,4H2;1H2;2*1H;/q2*-1;;;;+2/p-2. The number of nitrogens with one attached hydrogen (secondary N) is 1. The molecule has 1 aromatic heterocycles. The summed E-state index contributed by atoms with van der Waals surface area (Å²) in [5.74, 6) is 0. The molecule has 0 saturated heterocycles. The summed E-state index contributed by atoms with van der Waals surface area (Å²) in [6, 6.07) is 10.1. The average molecular weight is 314 g/mol. The molecule has 18 heavy (non-hydrogen) atoms. The molecular formula is C14H13Cl2NTi-2. The third kappa shape index (κ3) is 6.98. The average Bonchev–Trinajstić information content (AvgIpc) is 3.06. The molecule has 4 heteroatoms. The van der Waals surface area contributed by atoms with Crippen molar-refractivity contribution in [2.45, 2.75) is 6.42 Å². The minimum atomic E-state index is 0. The van der Waals surface area contributed by atoms with E-state index in [0.717, 1.165) is 11.9 Å². The van der Waals surface area contributed by atoms with Gasteiger partial charge in [0, 0.05) is 0 Å². The van der Waals surface area contributed by atoms with Crippen LogP contribution in [0.4, 0.5) is 0 Å². The second-order valence-corrected chi connectivity index (χ2v) is 3.00. The third-order valence-electron chi connectivity index (χ3n) is 1.98. The monoisotopic (exact) mass is 313 g/mol. The Balaban J connectivity index is 0. The molecule has 2 aromatic rings. The summed E-state index contributed by atoms with van der Waals surface area (Å²) in [6.07, 6.45) is 12.9. The molecule has 1 aromatic carbocycles. The molecule has 0 atom stereocenters. The summed E-state index contributed by atoms with van der Waals surface area (Å²) in [6.45, 7) is 0. The van der Waals surface area contributed by atoms with Gasteiger partial charge in [-0.2, -0.15) is 17.5 Å². The first-order valence-corrected chi connectivity index (χ1v) is 6.08. The molecular weight excluding hydrogens is 301 g/mol. The summed E-state index contributed by atoms with van der Waals surface area (Å²) in [7, 11) is 0. The molecule has 1 aliphatic carbocycles. The molecule has 1 N–H and O–H groups in total. The predicted molar refractivity (Wildman–Crippen MR) is 65.8 cm³/mol. The van der Waals surface area contributed by atoms with E-state index in [4.69, 9.17) is 0 Å². The molecule has 0 amide bonds. The van der Waals surface area contributed by atoms with Crippen molar-refractivity contribution in [3.63, 3.8) is 0 Å². The zero-order valence-corrected chi connectivity index (χ0v) is 12.9. The smallest absolute Gasteiger partial charge is 0.0745 e. The maximum absolute atomic E-state index is 3.25. The maximum Gasteiger partial charge on any atom is -0.0745 e. The summed E-state index contributed by atoms with van der Waals surface area (Å²) < 4.78 is 0. The third-order valence-corrected chi connectivity index (χ3v) is 1.98. The van der Waals surface area contributed by atoms with Crippen LogP contribution in [0.5, 0.6) is 0 Å². The van der Waals surface area contributed by atoms with Crippen molar-refractivity contribution in [2.24, 2.45) is 0 Å². The van der Waals surface area contributed by atoms with Crippen molar-refractivity contribution in [2.75, 3.05) is 0 Å². The molecule has 94 valence electrons. The number of aromatic nitrogens is 1. The van der Waals surface area contributed by atoms with Crippen LogP contribution in [0.25, 0.3) is 10.9 Å². The number of halogens is 2. The van der Waals surface area contributed by atoms with E-state index in [1.165, 1.54) is 5.39 Å². The zero-order valence-electron chi connectivity index (χ0n) is 9.79. The molecule has 0 spiro atoms. The van der Waals surface area contributed by atoms with Gasteiger partial charge in [0.05, 0.1) is 0 Å². The second-order valence-electron chi connectivity index (χ2n) is 3.00. The zero-order chi connectivity index (χ0) is 11.6. The molecule has 3 rings (SSSR count). The van der Waals surface area contributed by atoms with Gasteiger partial charge in [0.1, 0.15) is 0 Å². The Morgan fingerprint density at radius 3 is 2.39 bits per heavy atom. The molecule has 1 aliphatic rings. The number of para-hydroxylation sites is 1. The van der Waals surface area contributed by atoms with Crippen molar-refractivity contribution >= 4 is 15.7 Å². The van der Waals surface area contributed by atoms with Crippen LogP contribution in [-0.2, 0) is 20.0 Å². The first-order valence-electron chi connectivity index (χ1n) is 4.98. The normalized spacial score (nSPS) is 10.3. The Morgan fingerprint density at radius 1 is 1.17 bits per heavy atom. The van der Waals surface area contributed by atoms with Gasteiger partial charge in [-0.3, -0.25) is 6.08 Å². The van der Waals surface area contributed by atoms with Crippen LogP contribution in [0, 0.1) is 12.3 Å². The van der Waals surface area contributed by atoms with Crippen molar-refractivity contribution in [1.82, 2.24) is 4.98 Å². The predicted octanol–water partition coefficient (Wildman–Crippen LogP) is -2.75. The van der Waals surface area contributed by atoms with E-state index >= 15 is 0 Å². The molecule has 0 fully saturated rings. The fourth-order valence-electron chi connectivity index (χ4n) is 1.27. The summed E-state index contributed by atoms with van der Waals surface area (Å²) in [4.78, 5) is 6.24. The fourth-order valence-corrected chi connectivity index (χ4v) is 1.27. The van der Waals surface area contributed by atoms with Crippen molar-refractivity contribution in [3.05, 3.63) is 60.8 Å². The molecule has 0 unspecified atom stereocenters. The molecule has 0 aliphatic heterocycles. The Kier molecular flexibility index (Phi) is 14.1. The van der Waals surface area contributed by atoms with Gasteiger partial charge in [0.25, 0.3) is 0 Å². The van der Waals surface area contributed by atoms with Gasteiger partial charge in [0.2, 0.25) is 0 Å². The Labute approximate surface area is 132 Å². The minimum Gasteiger partial charge on any atom is -1.00 e. The fraction of sp³-hybridized carbons (Fsp3) is 0.0714. The van der Waals surface area contributed by atoms with E-state index in [9.17, 15) is 0 Å². The van der Waals surface area contributed by atoms with Crippen LogP contribution < -0.4 is 24.8 Å². The van der Waals surface area contributed by atoms with E-state index in [1.54, 1.807) is 20.0 Å². The van der Waals surface area contributed by atoms with Crippen LogP contribution in [-0.4, -0.2) is 9.80 Å². The number of H-pyrrole nitrogens is 1. The minimum absolute atomic E-state index is 0. The van der Waals surface area contributed by atoms with Crippen molar-refractivity contribution < 1.29 is 44.8 Å². The van der Waals surface area contributed by atoms with E-state index < -0.39 is 0 Å². The summed E-state index contributed by atoms with van der Waals surface area (Å²) >= 11 is 1.75. The largest absolute Gasteiger partial charge is 1.00 e. The van der Waals surface area contributed by atoms with Gasteiger partial charge in [0.15, 0.2) is 0 Å². The second kappa shape index (κ2) is 12.9. The van der Waals surface area contributed by atoms with Gasteiger partial charge < -0.3 is 29.8 Å². The van der Waals surface area contributed by atoms with E-state index in [0.29, 0.717) is 0 Å². The van der Waals surface area contributed by atoms with Gasteiger partial charge in [-0.25, -0.2) is 12.2 Å². The van der Waals surface area contributed by atoms with Gasteiger partial charge in [-0.1, -0.05) is 12.1 Å². The number of fused-ring (bicyclic) bond motifs is 1. The van der Waals surface area contributed by atoms with Crippen LogP contribution in [0.2, 0.25) is 0 Å². The van der Waals surface area contributed by atoms with Crippen LogP contribution in [0.3, 0.4) is 0 Å². The quantitative estimate of drug-likeness (QED) is 0.401. The molecule has 1 nitrogen and oxygen atoms in total. The number of benzene rings is 1. The molecule has 1 heterocycles. The Hall–Kier alpha value is -0.596. The SMILES string of the molecule is [C-]1=CC=CC1.[CH2]=[Ti+2].[Cl-].[Cl-].[c-]1cc2ccccc2[nH]1. The van der Waals surface area contributed by atoms with Crippen LogP contribution in [0.1, 0.15) is 6.42 Å². The van der Waals surface area contributed by atoms with Gasteiger partial charge in [-0.05, 0) is 0 Å².